The highest BCUT2D eigenvalue weighted by Crippen LogP contribution is 2.52. The van der Waals surface area contributed by atoms with Crippen molar-refractivity contribution in [1.82, 2.24) is 5.16 Å². The summed E-state index contributed by atoms with van der Waals surface area (Å²) in [5.74, 6) is -6.15. The number of rotatable bonds is 11. The van der Waals surface area contributed by atoms with Gasteiger partial charge in [-0.2, -0.15) is 0 Å². The number of ether oxygens (including phenoxy) is 5. The third-order valence-corrected chi connectivity index (χ3v) is 12.9. The molecule has 0 amide bonds. The number of aliphatic hydroxyl groups excluding tert-OH is 1. The number of carbonyl (C=O) groups excluding carboxylic acids is 4. The van der Waals surface area contributed by atoms with Crippen molar-refractivity contribution < 1.29 is 81.2 Å². The number of nitrogens with zero attached hydrogens (tertiary/aromatic N) is 2. The van der Waals surface area contributed by atoms with Gasteiger partial charge in [-0.15, -0.1) is 0 Å². The number of phenols is 2. The molecule has 3 aliphatic rings. The summed E-state index contributed by atoms with van der Waals surface area (Å²) in [6.45, 7) is 0.502. The molecule has 1 aromatic heterocycles. The molecule has 0 bridgehead atoms. The Morgan fingerprint density at radius 1 is 0.984 bits per heavy atom. The van der Waals surface area contributed by atoms with Crippen LogP contribution in [-0.4, -0.2) is 101 Å². The van der Waals surface area contributed by atoms with Gasteiger partial charge >= 0.3 is 16.9 Å². The van der Waals surface area contributed by atoms with E-state index in [2.05, 4.69) is 9.79 Å². The number of esters is 1. The summed E-state index contributed by atoms with van der Waals surface area (Å²) in [6, 6.07) is 15.2. The van der Waals surface area contributed by atoms with Gasteiger partial charge in [0.05, 0.1) is 57.7 Å². The Bertz CT molecular complexity index is 2780. The van der Waals surface area contributed by atoms with Crippen LogP contribution in [0.25, 0.3) is 0 Å². The number of aromatic nitrogens is 2. The third-order valence-electron chi connectivity index (χ3n) is 11.2. The van der Waals surface area contributed by atoms with Crippen LogP contribution in [0.3, 0.4) is 0 Å². The second-order valence-corrected chi connectivity index (χ2v) is 16.9. The van der Waals surface area contributed by atoms with Gasteiger partial charge < -0.3 is 55.1 Å². The molecule has 2 heterocycles. The molecule has 21 heteroatoms. The normalized spacial score (nSPS) is 23.0. The van der Waals surface area contributed by atoms with E-state index in [4.69, 9.17) is 29.4 Å². The van der Waals surface area contributed by atoms with Gasteiger partial charge in [-0.3, -0.25) is 19.0 Å². The highest BCUT2D eigenvalue weighted by molar-refractivity contribution is 7.91. The number of fused-ring (bicyclic) bond motifs is 3. The summed E-state index contributed by atoms with van der Waals surface area (Å²) < 4.78 is 58.8. The summed E-state index contributed by atoms with van der Waals surface area (Å²) >= 11 is 0. The first-order valence-electron chi connectivity index (χ1n) is 19.2. The maximum absolute atomic E-state index is 14.0. The monoisotopic (exact) mass is 887 g/mol. The van der Waals surface area contributed by atoms with Crippen molar-refractivity contribution in [2.24, 2.45) is 5.73 Å². The average molecular weight is 888 g/mol. The highest BCUT2D eigenvalue weighted by Gasteiger charge is 2.50. The van der Waals surface area contributed by atoms with Crippen molar-refractivity contribution >= 4 is 33.2 Å². The molecular weight excluding hydrogens is 851 g/mol. The summed E-state index contributed by atoms with van der Waals surface area (Å²) in [6.07, 6.45) is -6.09. The fourth-order valence-corrected chi connectivity index (χ4v) is 9.21. The minimum absolute atomic E-state index is 0.0345. The van der Waals surface area contributed by atoms with Crippen LogP contribution in [0, 0.1) is 5.21 Å². The molecule has 0 spiro atoms. The van der Waals surface area contributed by atoms with Gasteiger partial charge in [-0.1, -0.05) is 30.3 Å². The van der Waals surface area contributed by atoms with E-state index < -0.39 is 122 Å². The quantitative estimate of drug-likeness (QED) is 0.0707. The SMILES string of the molecule is COc1cccc2c1C(=O)c1c(O)c3c(c(O)c1C2=O)C[C@@](O)(C(=O)COC(=O)c1ccc(Oc2no[n+]([O-])c2S(=O)(=O)c2ccccc2)cc1)C[C@@H]3O[C@H]1C[C@H](N)[C@H](O)[C@H](C)O1. The maximum atomic E-state index is 14.0. The van der Waals surface area contributed by atoms with Crippen LogP contribution in [-0.2, 0) is 35.3 Å². The lowest BCUT2D eigenvalue weighted by Crippen LogP contribution is -2.53. The van der Waals surface area contributed by atoms with Crippen molar-refractivity contribution in [2.45, 2.75) is 72.4 Å². The molecule has 1 saturated heterocycles. The van der Waals surface area contributed by atoms with Crippen molar-refractivity contribution in [3.8, 4) is 28.9 Å². The summed E-state index contributed by atoms with van der Waals surface area (Å²) in [7, 11) is -3.15. The lowest BCUT2D eigenvalue weighted by molar-refractivity contribution is -0.832. The highest BCUT2D eigenvalue weighted by atomic mass is 32.2. The summed E-state index contributed by atoms with van der Waals surface area (Å²) in [4.78, 5) is 54.4. The first kappa shape index (κ1) is 42.9. The van der Waals surface area contributed by atoms with E-state index in [0.717, 1.165) is 0 Å². The molecule has 0 unspecified atom stereocenters. The van der Waals surface area contributed by atoms with Crippen LogP contribution in [0.2, 0.25) is 0 Å². The van der Waals surface area contributed by atoms with Gasteiger partial charge in [0.25, 0.3) is 9.84 Å². The van der Waals surface area contributed by atoms with Crippen molar-refractivity contribution in [3.05, 3.63) is 117 Å². The molecule has 328 valence electrons. The zero-order chi connectivity index (χ0) is 45.1. The molecule has 63 heavy (non-hydrogen) atoms. The molecule has 4 aromatic carbocycles. The minimum atomic E-state index is -4.43. The van der Waals surface area contributed by atoms with E-state index in [0.29, 0.717) is 0 Å². The lowest BCUT2D eigenvalue weighted by Gasteiger charge is -2.42. The number of Topliss-reactive ketones (excluding diaryl/α,β-unsaturated/α-hetero) is 1. The van der Waals surface area contributed by atoms with Crippen molar-refractivity contribution in [3.63, 3.8) is 0 Å². The van der Waals surface area contributed by atoms with Crippen LogP contribution >= 0.6 is 0 Å². The standard InChI is InChI=1S/C42H37N3O17S/c1-19-34(47)25(43)15-29(59-19)61-27-17-42(53,16-24-31(27)38(51)33-32(36(24)49)35(48)23-9-6-10-26(57-2)30(23)37(33)50)28(46)18-58-41(52)20-11-13-21(14-12-20)60-39-40(45(54)62-44-39)63(55,56)22-7-4-3-5-8-22/h3-14,19,25,27,29,34,47,49,51,53H,15-18,43H2,1-2H3/t19-,25-,27-,29-,34+,42-/m0/s1. The number of methoxy groups -OCH3 is 1. The first-order chi connectivity index (χ1) is 29.9. The van der Waals surface area contributed by atoms with E-state index in [1.165, 1.54) is 80.8 Å². The summed E-state index contributed by atoms with van der Waals surface area (Å²) in [5, 5.41) is 60.8. The van der Waals surface area contributed by atoms with Crippen LogP contribution < -0.4 is 20.1 Å². The van der Waals surface area contributed by atoms with Gasteiger partial charge in [0.1, 0.15) is 28.6 Å². The van der Waals surface area contributed by atoms with Crippen LogP contribution in [0.1, 0.15) is 79.2 Å². The smallest absolute Gasteiger partial charge is 0.420 e. The topological polar surface area (TPSA) is 308 Å². The molecule has 6 atom stereocenters. The molecule has 2 aliphatic carbocycles. The van der Waals surface area contributed by atoms with Crippen LogP contribution in [0.5, 0.6) is 28.9 Å². The number of phenolic OH excluding ortho intramolecular Hbond substituents is 2. The molecule has 20 nitrogen and oxygen atoms in total. The van der Waals surface area contributed by atoms with Gasteiger partial charge in [-0.05, 0) is 54.3 Å². The van der Waals surface area contributed by atoms with Gasteiger partial charge in [0.15, 0.2) is 18.7 Å². The second kappa shape index (κ2) is 16.2. The molecule has 8 rings (SSSR count). The number of hydrogen-bond acceptors (Lipinski definition) is 19. The second-order valence-electron chi connectivity index (χ2n) is 15.1. The number of hydrogen-bond donors (Lipinski definition) is 5. The summed E-state index contributed by atoms with van der Waals surface area (Å²) in [5.41, 5.74) is 1.54. The van der Waals surface area contributed by atoms with E-state index >= 15 is 0 Å². The fourth-order valence-electron chi connectivity index (χ4n) is 7.94. The number of sulfone groups is 1. The van der Waals surface area contributed by atoms with Crippen molar-refractivity contribution in [1.29, 1.82) is 0 Å². The Balaban J connectivity index is 1.04. The maximum Gasteiger partial charge on any atom is 0.420 e. The Labute approximate surface area is 356 Å². The first-order valence-corrected chi connectivity index (χ1v) is 20.7. The number of ketones is 3. The van der Waals surface area contributed by atoms with E-state index in [1.54, 1.807) is 6.07 Å². The van der Waals surface area contributed by atoms with Crippen LogP contribution in [0.4, 0.5) is 0 Å². The van der Waals surface area contributed by atoms with E-state index in [9.17, 15) is 53.2 Å². The Kier molecular flexibility index (Phi) is 11.0. The zero-order valence-corrected chi connectivity index (χ0v) is 33.9. The molecule has 1 aliphatic heterocycles. The average Bonchev–Trinajstić information content (AvgIpc) is 3.64. The fraction of sp³-hybridized carbons (Fsp3) is 0.286. The number of carbonyl (C=O) groups is 4. The minimum Gasteiger partial charge on any atom is -0.507 e. The largest absolute Gasteiger partial charge is 0.507 e. The molecule has 0 radical (unpaired) electrons. The van der Waals surface area contributed by atoms with E-state index in [-0.39, 0.29) is 55.5 Å². The predicted octanol–water partition coefficient (Wildman–Crippen LogP) is 2.11. The van der Waals surface area contributed by atoms with Gasteiger partial charge in [0, 0.05) is 42.0 Å². The third kappa shape index (κ3) is 7.43. The Morgan fingerprint density at radius 3 is 2.37 bits per heavy atom. The zero-order valence-electron chi connectivity index (χ0n) is 33.1. The number of nitrogens with two attached hydrogens (primary N) is 1. The Hall–Kier alpha value is -6.75. The molecule has 0 saturated carbocycles. The number of aromatic hydroxyl groups is 2. The Morgan fingerprint density at radius 2 is 1.68 bits per heavy atom. The number of benzene rings is 4. The lowest BCUT2D eigenvalue weighted by atomic mass is 9.72. The van der Waals surface area contributed by atoms with Gasteiger partial charge in [0.2, 0.25) is 11.6 Å². The molecular formula is C42H37N3O17S. The molecule has 1 fully saturated rings. The number of aliphatic hydroxyl groups is 2. The van der Waals surface area contributed by atoms with E-state index in [1.807, 2.05) is 0 Å². The molecule has 6 N–H and O–H groups in total. The molecule has 5 aromatic rings. The van der Waals surface area contributed by atoms with Crippen molar-refractivity contribution in [2.75, 3.05) is 13.7 Å². The van der Waals surface area contributed by atoms with Gasteiger partial charge in [-0.25, -0.2) is 13.2 Å². The van der Waals surface area contributed by atoms with Crippen LogP contribution in [0.15, 0.2) is 87.3 Å². The predicted molar refractivity (Wildman–Crippen MR) is 209 cm³/mol.